The third kappa shape index (κ3) is 6.30. The molecule has 0 radical (unpaired) electrons. The zero-order valence-electron chi connectivity index (χ0n) is 17.2. The average molecular weight is 425 g/mol. The quantitative estimate of drug-likeness (QED) is 0.495. The van der Waals surface area contributed by atoms with E-state index in [9.17, 15) is 9.90 Å². The molecule has 4 rings (SSSR count). The van der Waals surface area contributed by atoms with E-state index < -0.39 is 0 Å². The Hall–Kier alpha value is -2.90. The number of aliphatic hydroxyl groups excluding tert-OH is 1. The first-order valence-electron chi connectivity index (χ1n) is 10.1. The minimum absolute atomic E-state index is 0.309. The lowest BCUT2D eigenvalue weighted by molar-refractivity contribution is 0.111. The molecule has 3 N–H and O–H groups in total. The summed E-state index contributed by atoms with van der Waals surface area (Å²) in [6, 6.07) is 13.9. The Kier molecular flexibility index (Phi) is 7.82. The van der Waals surface area contributed by atoms with Gasteiger partial charge in [-0.05, 0) is 43.8 Å². The molecule has 2 aliphatic rings. The Morgan fingerprint density at radius 1 is 1.13 bits per heavy atom. The van der Waals surface area contributed by atoms with Crippen molar-refractivity contribution in [2.45, 2.75) is 12.8 Å². The number of aromatic nitrogens is 1. The van der Waals surface area contributed by atoms with Gasteiger partial charge < -0.3 is 25.2 Å². The Bertz CT molecular complexity index is 961. The van der Waals surface area contributed by atoms with E-state index in [-0.39, 0.29) is 0 Å². The zero-order valence-corrected chi connectivity index (χ0v) is 18.0. The number of aliphatic hydroxyl groups is 1. The van der Waals surface area contributed by atoms with Crippen LogP contribution in [0.4, 0.5) is 11.5 Å². The number of nitrogens with zero attached hydrogens (tertiary/aromatic N) is 2. The van der Waals surface area contributed by atoms with Crippen molar-refractivity contribution >= 4 is 30.0 Å². The monoisotopic (exact) mass is 424 g/mol. The largest absolute Gasteiger partial charge is 0.510 e. The third-order valence-corrected chi connectivity index (χ3v) is 5.26. The van der Waals surface area contributed by atoms with Crippen molar-refractivity contribution < 1.29 is 9.90 Å². The van der Waals surface area contributed by atoms with Crippen LogP contribution in [0.3, 0.4) is 0 Å². The van der Waals surface area contributed by atoms with E-state index in [1.54, 1.807) is 12.1 Å². The standard InChI is InChI=1S/C12H12N2O2S.C11H16N2/c15-7-8-5-9(17)6-12(13-8)14-10-3-1-2-4-11(10)16;1-12-7-9-13(10-8-12)11-5-3-2-4-6-11/h1,3,5-7,16H,2,4H2,(H2,13,14,17);2-6H,7-10H2,1H3. The van der Waals surface area contributed by atoms with Crippen LogP contribution in [0.5, 0.6) is 0 Å². The van der Waals surface area contributed by atoms with Gasteiger partial charge in [0.1, 0.15) is 11.6 Å². The van der Waals surface area contributed by atoms with E-state index in [2.05, 4.69) is 57.5 Å². The van der Waals surface area contributed by atoms with E-state index in [1.165, 1.54) is 18.8 Å². The maximum atomic E-state index is 10.7. The molecule has 1 saturated heterocycles. The molecule has 158 valence electrons. The summed E-state index contributed by atoms with van der Waals surface area (Å²) >= 11 is 5.04. The second-order valence-corrected chi connectivity index (χ2v) is 7.83. The van der Waals surface area contributed by atoms with Crippen LogP contribution in [0.15, 0.2) is 66.1 Å². The second kappa shape index (κ2) is 10.8. The maximum Gasteiger partial charge on any atom is 0.166 e. The molecule has 1 aliphatic carbocycles. The second-order valence-electron chi connectivity index (χ2n) is 7.36. The van der Waals surface area contributed by atoms with Gasteiger partial charge in [0.25, 0.3) is 0 Å². The van der Waals surface area contributed by atoms with Crippen LogP contribution in [-0.4, -0.2) is 54.5 Å². The van der Waals surface area contributed by atoms with Crippen molar-refractivity contribution in [2.24, 2.45) is 0 Å². The lowest BCUT2D eigenvalue weighted by Crippen LogP contribution is -2.44. The number of allylic oxidation sites excluding steroid dienone is 3. The first-order chi connectivity index (χ1) is 14.5. The summed E-state index contributed by atoms with van der Waals surface area (Å²) in [7, 11) is 2.18. The number of hydrogen-bond donors (Lipinski definition) is 3. The lowest BCUT2D eigenvalue weighted by Gasteiger charge is -2.33. The number of anilines is 2. The van der Waals surface area contributed by atoms with E-state index in [1.807, 2.05) is 12.2 Å². The van der Waals surface area contributed by atoms with Crippen molar-refractivity contribution in [3.63, 3.8) is 0 Å². The molecule has 30 heavy (non-hydrogen) atoms. The highest BCUT2D eigenvalue weighted by atomic mass is 32.1. The van der Waals surface area contributed by atoms with Gasteiger partial charge in [0.15, 0.2) is 6.29 Å². The fourth-order valence-corrected chi connectivity index (χ4v) is 3.55. The summed E-state index contributed by atoms with van der Waals surface area (Å²) in [5.74, 6) is 0.899. The van der Waals surface area contributed by atoms with E-state index in [4.69, 9.17) is 12.2 Å². The number of para-hydroxylation sites is 1. The van der Waals surface area contributed by atoms with E-state index in [0.717, 1.165) is 19.5 Å². The van der Waals surface area contributed by atoms with Gasteiger partial charge in [-0.2, -0.15) is 0 Å². The summed E-state index contributed by atoms with van der Waals surface area (Å²) < 4.78 is 0.563. The van der Waals surface area contributed by atoms with Crippen molar-refractivity contribution in [1.29, 1.82) is 0 Å². The summed E-state index contributed by atoms with van der Waals surface area (Å²) in [6.07, 6.45) is 5.93. The normalized spacial score (nSPS) is 16.6. The predicted octanol–water partition coefficient (Wildman–Crippen LogP) is 4.53. The molecule has 2 aromatic rings. The fourth-order valence-electron chi connectivity index (χ4n) is 3.31. The predicted molar refractivity (Wildman–Crippen MR) is 125 cm³/mol. The van der Waals surface area contributed by atoms with Gasteiger partial charge in [-0.1, -0.05) is 36.5 Å². The van der Waals surface area contributed by atoms with Crippen molar-refractivity contribution in [2.75, 3.05) is 43.4 Å². The lowest BCUT2D eigenvalue weighted by atomic mass is 10.1. The molecule has 0 spiro atoms. The Balaban J connectivity index is 0.000000177. The summed E-state index contributed by atoms with van der Waals surface area (Å²) in [5.41, 5.74) is 2.39. The van der Waals surface area contributed by atoms with Gasteiger partial charge in [-0.25, -0.2) is 0 Å². The first kappa shape index (κ1) is 21.8. The Morgan fingerprint density at radius 3 is 2.53 bits per heavy atom. The summed E-state index contributed by atoms with van der Waals surface area (Å²) in [6.45, 7) is 4.66. The molecule has 1 fully saturated rings. The van der Waals surface area contributed by atoms with Gasteiger partial charge in [0.05, 0.1) is 11.4 Å². The minimum atomic E-state index is 0.309. The van der Waals surface area contributed by atoms with Crippen molar-refractivity contribution in [3.8, 4) is 0 Å². The molecule has 0 saturated carbocycles. The Morgan fingerprint density at radius 2 is 1.87 bits per heavy atom. The number of aromatic amines is 1. The molecule has 6 nitrogen and oxygen atoms in total. The number of aldehydes is 1. The number of carbonyl (C=O) groups is 1. The third-order valence-electron chi connectivity index (χ3n) is 5.03. The van der Waals surface area contributed by atoms with Gasteiger partial charge in [-0.3, -0.25) is 4.79 Å². The number of nitrogens with one attached hydrogen (secondary N) is 2. The van der Waals surface area contributed by atoms with Crippen molar-refractivity contribution in [3.05, 3.63) is 76.3 Å². The topological polar surface area (TPSA) is 71.6 Å². The highest BCUT2D eigenvalue weighted by Crippen LogP contribution is 2.18. The number of piperazine rings is 1. The summed E-state index contributed by atoms with van der Waals surface area (Å²) in [4.78, 5) is 18.4. The molecule has 0 unspecified atom stereocenters. The van der Waals surface area contributed by atoms with Crippen molar-refractivity contribution in [1.82, 2.24) is 9.88 Å². The molecule has 1 aliphatic heterocycles. The molecule has 1 aromatic carbocycles. The maximum absolute atomic E-state index is 10.7. The van der Waals surface area contributed by atoms with E-state index >= 15 is 0 Å². The number of pyridine rings is 1. The van der Waals surface area contributed by atoms with Crippen LogP contribution in [-0.2, 0) is 0 Å². The van der Waals surface area contributed by atoms with Crippen LogP contribution in [0.25, 0.3) is 0 Å². The van der Waals surface area contributed by atoms with E-state index in [0.29, 0.717) is 40.2 Å². The van der Waals surface area contributed by atoms with Crippen LogP contribution < -0.4 is 10.2 Å². The van der Waals surface area contributed by atoms with Crippen LogP contribution in [0, 0.1) is 4.51 Å². The summed E-state index contributed by atoms with van der Waals surface area (Å²) in [5, 5.41) is 12.7. The average Bonchev–Trinajstić information content (AvgIpc) is 2.76. The van der Waals surface area contributed by atoms with Crippen LogP contribution in [0.1, 0.15) is 23.3 Å². The highest BCUT2D eigenvalue weighted by molar-refractivity contribution is 7.71. The van der Waals surface area contributed by atoms with Gasteiger partial charge >= 0.3 is 0 Å². The van der Waals surface area contributed by atoms with Crippen LogP contribution >= 0.6 is 12.2 Å². The Labute approximate surface area is 182 Å². The molecule has 0 bridgehead atoms. The number of carbonyl (C=O) groups excluding carboxylic acids is 1. The SMILES string of the molecule is CN1CCN(c2ccccc2)CC1.O=Cc1cc(=S)cc(NC2=C(O)CCC=C2)[nH]1. The number of rotatable bonds is 4. The number of hydrogen-bond acceptors (Lipinski definition) is 6. The smallest absolute Gasteiger partial charge is 0.166 e. The molecule has 7 heteroatoms. The fraction of sp³-hybridized carbons (Fsp3) is 0.304. The van der Waals surface area contributed by atoms with Crippen LogP contribution in [0.2, 0.25) is 0 Å². The number of H-pyrrole nitrogens is 1. The van der Waals surface area contributed by atoms with Gasteiger partial charge in [0.2, 0.25) is 0 Å². The molecule has 2 heterocycles. The first-order valence-corrected chi connectivity index (χ1v) is 10.5. The molecule has 0 amide bonds. The minimum Gasteiger partial charge on any atom is -0.510 e. The molecular weight excluding hydrogens is 396 g/mol. The molecular formula is C23H28N4O2S. The van der Waals surface area contributed by atoms with Gasteiger partial charge in [-0.15, -0.1) is 0 Å². The highest BCUT2D eigenvalue weighted by Gasteiger charge is 2.13. The molecule has 0 atom stereocenters. The number of likely N-dealkylation sites (N-methyl/N-ethyl adjacent to an activating group) is 1. The zero-order chi connectivity index (χ0) is 21.3. The number of benzene rings is 1. The molecule has 1 aromatic heterocycles. The van der Waals surface area contributed by atoms with Gasteiger partial charge in [0, 0.05) is 42.8 Å².